The summed E-state index contributed by atoms with van der Waals surface area (Å²) in [5, 5.41) is 2.38. The van der Waals surface area contributed by atoms with Crippen LogP contribution >= 0.6 is 0 Å². The van der Waals surface area contributed by atoms with Gasteiger partial charge in [-0.25, -0.2) is 17.6 Å². The summed E-state index contributed by atoms with van der Waals surface area (Å²) < 4.78 is 53.7. The molecule has 0 bridgehead atoms. The highest BCUT2D eigenvalue weighted by Gasteiger charge is 2.23. The van der Waals surface area contributed by atoms with Gasteiger partial charge in [-0.15, -0.1) is 0 Å². The van der Waals surface area contributed by atoms with Crippen LogP contribution in [0.25, 0.3) is 0 Å². The number of rotatable bonds is 5. The van der Waals surface area contributed by atoms with Gasteiger partial charge >= 0.3 is 0 Å². The number of amides is 2. The van der Waals surface area contributed by atoms with Crippen LogP contribution < -0.4 is 10.2 Å². The molecule has 0 radical (unpaired) electrons. The minimum absolute atomic E-state index is 0.141. The molecule has 2 rings (SSSR count). The Balaban J connectivity index is 2.12. The zero-order valence-corrected chi connectivity index (χ0v) is 13.2. The van der Waals surface area contributed by atoms with Crippen molar-refractivity contribution in [3.8, 4) is 0 Å². The molecule has 0 unspecified atom stereocenters. The van der Waals surface area contributed by atoms with Gasteiger partial charge in [0.25, 0.3) is 0 Å². The molecule has 0 saturated heterocycles. The van der Waals surface area contributed by atoms with Crippen LogP contribution in [-0.4, -0.2) is 18.4 Å². The van der Waals surface area contributed by atoms with Gasteiger partial charge in [-0.3, -0.25) is 9.59 Å². The van der Waals surface area contributed by atoms with Crippen molar-refractivity contribution < 1.29 is 27.2 Å². The van der Waals surface area contributed by atoms with Gasteiger partial charge in [0.2, 0.25) is 11.8 Å². The molecule has 25 heavy (non-hydrogen) atoms. The van der Waals surface area contributed by atoms with Gasteiger partial charge in [0, 0.05) is 19.0 Å². The lowest BCUT2D eigenvalue weighted by molar-refractivity contribution is -0.123. The third kappa shape index (κ3) is 4.34. The van der Waals surface area contributed by atoms with E-state index in [1.54, 1.807) is 6.07 Å². The topological polar surface area (TPSA) is 49.4 Å². The molecule has 2 aromatic rings. The van der Waals surface area contributed by atoms with Crippen LogP contribution in [0.4, 0.5) is 23.2 Å². The summed E-state index contributed by atoms with van der Waals surface area (Å²) in [5.74, 6) is -6.70. The molecule has 0 aliphatic carbocycles. The summed E-state index contributed by atoms with van der Waals surface area (Å²) in [6.07, 6.45) is 0. The fourth-order valence-electron chi connectivity index (χ4n) is 2.13. The Labute approximate surface area is 141 Å². The molecule has 4 nitrogen and oxygen atoms in total. The van der Waals surface area contributed by atoms with Gasteiger partial charge in [-0.2, -0.15) is 0 Å². The van der Waals surface area contributed by atoms with Gasteiger partial charge in [-0.1, -0.05) is 18.2 Å². The van der Waals surface area contributed by atoms with Crippen LogP contribution in [-0.2, 0) is 16.1 Å². The predicted octanol–water partition coefficient (Wildman–Crippen LogP) is 2.91. The van der Waals surface area contributed by atoms with Gasteiger partial charge < -0.3 is 10.2 Å². The van der Waals surface area contributed by atoms with E-state index in [9.17, 15) is 27.2 Å². The first-order chi connectivity index (χ1) is 11.8. The van der Waals surface area contributed by atoms with Gasteiger partial charge in [0.15, 0.2) is 17.5 Å². The number of hydrogen-bond donors (Lipinski definition) is 1. The van der Waals surface area contributed by atoms with E-state index in [2.05, 4.69) is 5.32 Å². The summed E-state index contributed by atoms with van der Waals surface area (Å²) in [6.45, 7) is 0.272. The minimum atomic E-state index is -1.74. The Morgan fingerprint density at radius 1 is 0.960 bits per heavy atom. The molecule has 0 atom stereocenters. The predicted molar refractivity (Wildman–Crippen MR) is 82.6 cm³/mol. The summed E-state index contributed by atoms with van der Waals surface area (Å²) >= 11 is 0. The number of benzene rings is 2. The smallest absolute Gasteiger partial charge is 0.240 e. The second-order valence-corrected chi connectivity index (χ2v) is 5.17. The lowest BCUT2D eigenvalue weighted by Gasteiger charge is -2.21. The molecule has 0 saturated carbocycles. The normalized spacial score (nSPS) is 10.4. The van der Waals surface area contributed by atoms with E-state index in [0.29, 0.717) is 11.0 Å². The van der Waals surface area contributed by atoms with Crippen molar-refractivity contribution in [3.05, 3.63) is 65.2 Å². The first kappa shape index (κ1) is 18.4. The van der Waals surface area contributed by atoms with E-state index < -0.39 is 47.3 Å². The van der Waals surface area contributed by atoms with Gasteiger partial charge in [0.05, 0.1) is 5.69 Å². The van der Waals surface area contributed by atoms with Crippen molar-refractivity contribution in [2.45, 2.75) is 13.5 Å². The molecule has 0 heterocycles. The number of nitrogens with one attached hydrogen (secondary N) is 1. The van der Waals surface area contributed by atoms with Gasteiger partial charge in [0.1, 0.15) is 12.4 Å². The number of anilines is 1. The molecule has 2 aromatic carbocycles. The molecule has 0 fully saturated rings. The highest BCUT2D eigenvalue weighted by molar-refractivity contribution is 5.97. The molecule has 0 spiro atoms. The van der Waals surface area contributed by atoms with Crippen molar-refractivity contribution in [3.63, 3.8) is 0 Å². The van der Waals surface area contributed by atoms with Crippen LogP contribution in [0.5, 0.6) is 0 Å². The average Bonchev–Trinajstić information content (AvgIpc) is 2.57. The fourth-order valence-corrected chi connectivity index (χ4v) is 2.13. The maximum atomic E-state index is 13.8. The van der Waals surface area contributed by atoms with Gasteiger partial charge in [-0.05, 0) is 18.2 Å². The second-order valence-electron chi connectivity index (χ2n) is 5.17. The Morgan fingerprint density at radius 2 is 1.64 bits per heavy atom. The van der Waals surface area contributed by atoms with E-state index >= 15 is 0 Å². The molecule has 8 heteroatoms. The van der Waals surface area contributed by atoms with E-state index in [1.807, 2.05) is 0 Å². The summed E-state index contributed by atoms with van der Waals surface area (Å²) in [5.41, 5.74) is -0.336. The standard InChI is InChI=1S/C17H14F4N2O2/c1-10(24)23(14-7-6-13(19)16(20)17(14)21)9-15(25)22-8-11-4-2-3-5-12(11)18/h2-7H,8-9H2,1H3,(H,22,25). The fraction of sp³-hybridized carbons (Fsp3) is 0.176. The molecule has 0 aliphatic heterocycles. The molecule has 132 valence electrons. The minimum Gasteiger partial charge on any atom is -0.350 e. The quantitative estimate of drug-likeness (QED) is 0.663. The summed E-state index contributed by atoms with van der Waals surface area (Å²) in [4.78, 5) is 24.3. The highest BCUT2D eigenvalue weighted by Crippen LogP contribution is 2.23. The zero-order valence-electron chi connectivity index (χ0n) is 13.2. The molecular weight excluding hydrogens is 340 g/mol. The molecular formula is C17H14F4N2O2. The van der Waals surface area contributed by atoms with Crippen molar-refractivity contribution in [1.82, 2.24) is 5.32 Å². The number of carbonyl (C=O) groups excluding carboxylic acids is 2. The second kappa shape index (κ2) is 7.78. The van der Waals surface area contributed by atoms with E-state index in [4.69, 9.17) is 0 Å². The first-order valence-corrected chi connectivity index (χ1v) is 7.23. The van der Waals surface area contributed by atoms with Crippen molar-refractivity contribution in [1.29, 1.82) is 0 Å². The molecule has 0 aromatic heterocycles. The lowest BCUT2D eigenvalue weighted by Crippen LogP contribution is -2.40. The number of hydrogen-bond acceptors (Lipinski definition) is 2. The van der Waals surface area contributed by atoms with Crippen LogP contribution in [0, 0.1) is 23.3 Å². The Bertz CT molecular complexity index is 811. The lowest BCUT2D eigenvalue weighted by atomic mass is 10.2. The Morgan fingerprint density at radius 3 is 2.28 bits per heavy atom. The highest BCUT2D eigenvalue weighted by atomic mass is 19.2. The number of nitrogens with zero attached hydrogens (tertiary/aromatic N) is 1. The van der Waals surface area contributed by atoms with Crippen LogP contribution in [0.2, 0.25) is 0 Å². The summed E-state index contributed by atoms with van der Waals surface area (Å²) in [6, 6.07) is 7.28. The summed E-state index contributed by atoms with van der Waals surface area (Å²) in [7, 11) is 0. The third-order valence-electron chi connectivity index (χ3n) is 3.42. The first-order valence-electron chi connectivity index (χ1n) is 7.23. The van der Waals surface area contributed by atoms with E-state index in [0.717, 1.165) is 13.0 Å². The van der Waals surface area contributed by atoms with Crippen LogP contribution in [0.15, 0.2) is 36.4 Å². The average molecular weight is 354 g/mol. The molecule has 0 aliphatic rings. The third-order valence-corrected chi connectivity index (χ3v) is 3.42. The van der Waals surface area contributed by atoms with E-state index in [-0.39, 0.29) is 12.1 Å². The SMILES string of the molecule is CC(=O)N(CC(=O)NCc1ccccc1F)c1ccc(F)c(F)c1F. The van der Waals surface area contributed by atoms with Crippen molar-refractivity contribution in [2.24, 2.45) is 0 Å². The van der Waals surface area contributed by atoms with Crippen molar-refractivity contribution in [2.75, 3.05) is 11.4 Å². The van der Waals surface area contributed by atoms with Crippen molar-refractivity contribution >= 4 is 17.5 Å². The molecule has 1 N–H and O–H groups in total. The zero-order chi connectivity index (χ0) is 18.6. The maximum Gasteiger partial charge on any atom is 0.240 e. The largest absolute Gasteiger partial charge is 0.350 e. The Kier molecular flexibility index (Phi) is 5.74. The van der Waals surface area contributed by atoms with E-state index in [1.165, 1.54) is 18.2 Å². The monoisotopic (exact) mass is 354 g/mol. The van der Waals surface area contributed by atoms with Crippen LogP contribution in [0.1, 0.15) is 12.5 Å². The maximum absolute atomic E-state index is 13.8. The number of carbonyl (C=O) groups is 2. The Hall–Kier alpha value is -2.90. The molecule has 2 amide bonds. The number of halogens is 4. The van der Waals surface area contributed by atoms with Crippen LogP contribution in [0.3, 0.4) is 0 Å².